The van der Waals surface area contributed by atoms with Crippen molar-refractivity contribution >= 4 is 29.0 Å². The van der Waals surface area contributed by atoms with E-state index in [0.717, 1.165) is 36.0 Å². The summed E-state index contributed by atoms with van der Waals surface area (Å²) in [5, 5.41) is 3.12. The van der Waals surface area contributed by atoms with Crippen LogP contribution in [0.1, 0.15) is 33.4 Å². The number of hydrogen-bond acceptors (Lipinski definition) is 7. The molecular formula is C16H19N3O3S2. The Kier molecular flexibility index (Phi) is 4.14. The number of thiazole rings is 1. The smallest absolute Gasteiger partial charge is 0.291 e. The van der Waals surface area contributed by atoms with Gasteiger partial charge in [0.15, 0.2) is 6.39 Å². The van der Waals surface area contributed by atoms with Crippen LogP contribution in [0.4, 0.5) is 0 Å². The van der Waals surface area contributed by atoms with Crippen LogP contribution in [0.2, 0.25) is 0 Å². The zero-order chi connectivity index (χ0) is 16.7. The maximum Gasteiger partial charge on any atom is 0.291 e. The first-order valence-corrected chi connectivity index (χ1v) is 9.77. The fourth-order valence-electron chi connectivity index (χ4n) is 3.25. The van der Waals surface area contributed by atoms with Crippen LogP contribution in [0.15, 0.2) is 16.2 Å². The van der Waals surface area contributed by atoms with Crippen LogP contribution in [0.3, 0.4) is 0 Å². The van der Waals surface area contributed by atoms with Gasteiger partial charge >= 0.3 is 0 Å². The molecule has 0 bridgehead atoms. The lowest BCUT2D eigenvalue weighted by Crippen LogP contribution is -2.60. The monoisotopic (exact) mass is 365 g/mol. The number of thioether (sulfide) groups is 1. The average Bonchev–Trinajstić information content (AvgIpc) is 3.22. The quantitative estimate of drug-likeness (QED) is 0.830. The maximum atomic E-state index is 12.4. The van der Waals surface area contributed by atoms with E-state index in [2.05, 4.69) is 15.3 Å². The van der Waals surface area contributed by atoms with Gasteiger partial charge in [-0.1, -0.05) is 0 Å². The molecule has 1 spiro atoms. The van der Waals surface area contributed by atoms with Gasteiger partial charge in [0.25, 0.3) is 5.91 Å². The SMILES string of the molecule is Cc1nc(CO[C@H]2CSC3(C2)CN(C(=O)c2ocnc2C)C3)cs1. The maximum absolute atomic E-state index is 12.4. The molecule has 24 heavy (non-hydrogen) atoms. The lowest BCUT2D eigenvalue weighted by atomic mass is 9.92. The van der Waals surface area contributed by atoms with Gasteiger partial charge in [0.05, 0.1) is 33.9 Å². The first-order chi connectivity index (χ1) is 11.5. The van der Waals surface area contributed by atoms with Crippen LogP contribution in [-0.2, 0) is 11.3 Å². The highest BCUT2D eigenvalue weighted by atomic mass is 32.2. The van der Waals surface area contributed by atoms with Crippen molar-refractivity contribution in [1.29, 1.82) is 0 Å². The Morgan fingerprint density at radius 2 is 2.33 bits per heavy atom. The first-order valence-electron chi connectivity index (χ1n) is 7.91. The van der Waals surface area contributed by atoms with E-state index in [1.807, 2.05) is 23.6 Å². The molecule has 0 N–H and O–H groups in total. The van der Waals surface area contributed by atoms with Gasteiger partial charge in [0, 0.05) is 24.2 Å². The second kappa shape index (κ2) is 6.16. The summed E-state index contributed by atoms with van der Waals surface area (Å²) in [5.41, 5.74) is 1.66. The van der Waals surface area contributed by atoms with Crippen molar-refractivity contribution in [1.82, 2.24) is 14.9 Å². The van der Waals surface area contributed by atoms with E-state index >= 15 is 0 Å². The van der Waals surface area contributed by atoms with E-state index in [4.69, 9.17) is 9.15 Å². The summed E-state index contributed by atoms with van der Waals surface area (Å²) in [4.78, 5) is 22.6. The van der Waals surface area contributed by atoms with Gasteiger partial charge in [-0.15, -0.1) is 23.1 Å². The number of ether oxygens (including phenoxy) is 1. The van der Waals surface area contributed by atoms with Crippen LogP contribution in [0.25, 0.3) is 0 Å². The molecular weight excluding hydrogens is 346 g/mol. The van der Waals surface area contributed by atoms with Gasteiger partial charge in [-0.25, -0.2) is 9.97 Å². The van der Waals surface area contributed by atoms with E-state index in [9.17, 15) is 4.79 Å². The second-order valence-electron chi connectivity index (χ2n) is 6.42. The zero-order valence-electron chi connectivity index (χ0n) is 13.7. The molecule has 2 aliphatic rings. The molecule has 8 heteroatoms. The number of nitrogens with zero attached hydrogens (tertiary/aromatic N) is 3. The number of aryl methyl sites for hydroxylation is 2. The first kappa shape index (κ1) is 16.1. The Morgan fingerprint density at radius 1 is 1.50 bits per heavy atom. The lowest BCUT2D eigenvalue weighted by molar-refractivity contribution is 0.0234. The number of carbonyl (C=O) groups is 1. The number of rotatable bonds is 4. The van der Waals surface area contributed by atoms with Gasteiger partial charge in [0.2, 0.25) is 5.76 Å². The third kappa shape index (κ3) is 2.98. The summed E-state index contributed by atoms with van der Waals surface area (Å²) in [5.74, 6) is 1.28. The van der Waals surface area contributed by atoms with Crippen LogP contribution in [0, 0.1) is 13.8 Å². The van der Waals surface area contributed by atoms with Gasteiger partial charge in [0.1, 0.15) is 0 Å². The molecule has 2 aliphatic heterocycles. The molecule has 0 aliphatic carbocycles. The summed E-state index contributed by atoms with van der Waals surface area (Å²) in [6.45, 7) is 5.88. The Hall–Kier alpha value is -1.38. The molecule has 2 aromatic rings. The molecule has 2 fully saturated rings. The van der Waals surface area contributed by atoms with Crippen molar-refractivity contribution in [2.45, 2.75) is 37.7 Å². The molecule has 0 aromatic carbocycles. The van der Waals surface area contributed by atoms with Gasteiger partial charge in [-0.3, -0.25) is 4.79 Å². The summed E-state index contributed by atoms with van der Waals surface area (Å²) in [7, 11) is 0. The standard InChI is InChI=1S/C16H19N3O3S2/c1-10-14(22-9-17-10)15(20)19-7-16(8-19)3-13(6-24-16)21-4-12-5-23-11(2)18-12/h5,9,13H,3-4,6-8H2,1-2H3/t13-/m1/s1. The van der Waals surface area contributed by atoms with Crippen LogP contribution in [0.5, 0.6) is 0 Å². The van der Waals surface area contributed by atoms with E-state index in [1.54, 1.807) is 18.3 Å². The summed E-state index contributed by atoms with van der Waals surface area (Å²) in [6.07, 6.45) is 2.55. The highest BCUT2D eigenvalue weighted by Crippen LogP contribution is 2.46. The molecule has 0 saturated carbocycles. The molecule has 4 rings (SSSR count). The number of carbonyl (C=O) groups excluding carboxylic acids is 1. The lowest BCUT2D eigenvalue weighted by Gasteiger charge is -2.47. The second-order valence-corrected chi connectivity index (χ2v) is 8.97. The normalized spacial score (nSPS) is 22.1. The third-order valence-electron chi connectivity index (χ3n) is 4.49. The molecule has 4 heterocycles. The van der Waals surface area contributed by atoms with Crippen molar-refractivity contribution in [3.8, 4) is 0 Å². The Balaban J connectivity index is 1.28. The van der Waals surface area contributed by atoms with E-state index < -0.39 is 0 Å². The van der Waals surface area contributed by atoms with Crippen molar-refractivity contribution in [2.75, 3.05) is 18.8 Å². The summed E-state index contributed by atoms with van der Waals surface area (Å²) in [6, 6.07) is 0. The molecule has 128 valence electrons. The summed E-state index contributed by atoms with van der Waals surface area (Å²) >= 11 is 3.57. The number of oxazole rings is 1. The van der Waals surface area contributed by atoms with Crippen LogP contribution >= 0.6 is 23.1 Å². The molecule has 6 nitrogen and oxygen atoms in total. The highest BCUT2D eigenvalue weighted by Gasteiger charge is 2.51. The third-order valence-corrected chi connectivity index (χ3v) is 6.89. The molecule has 1 atom stereocenters. The predicted octanol–water partition coefficient (Wildman–Crippen LogP) is 2.66. The van der Waals surface area contributed by atoms with Crippen LogP contribution in [-0.4, -0.2) is 50.5 Å². The van der Waals surface area contributed by atoms with E-state index in [-0.39, 0.29) is 16.8 Å². The van der Waals surface area contributed by atoms with Crippen molar-refractivity contribution in [3.05, 3.63) is 33.9 Å². The van der Waals surface area contributed by atoms with Crippen LogP contribution < -0.4 is 0 Å². The van der Waals surface area contributed by atoms with Gasteiger partial charge in [-0.05, 0) is 20.3 Å². The van der Waals surface area contributed by atoms with Gasteiger partial charge < -0.3 is 14.1 Å². The molecule has 0 radical (unpaired) electrons. The van der Waals surface area contributed by atoms with Crippen molar-refractivity contribution < 1.29 is 13.9 Å². The summed E-state index contributed by atoms with van der Waals surface area (Å²) < 4.78 is 11.4. The molecule has 0 unspecified atom stereocenters. The number of hydrogen-bond donors (Lipinski definition) is 0. The Labute approximate surface area is 148 Å². The Morgan fingerprint density at radius 3 is 3.00 bits per heavy atom. The van der Waals surface area contributed by atoms with E-state index in [0.29, 0.717) is 18.1 Å². The zero-order valence-corrected chi connectivity index (χ0v) is 15.3. The number of likely N-dealkylation sites (tertiary alicyclic amines) is 1. The number of amides is 1. The topological polar surface area (TPSA) is 68.5 Å². The average molecular weight is 365 g/mol. The Bertz CT molecular complexity index is 751. The minimum atomic E-state index is -0.0569. The van der Waals surface area contributed by atoms with E-state index in [1.165, 1.54) is 6.39 Å². The fourth-order valence-corrected chi connectivity index (χ4v) is 5.40. The predicted molar refractivity (Wildman–Crippen MR) is 92.4 cm³/mol. The van der Waals surface area contributed by atoms with Crippen molar-refractivity contribution in [2.24, 2.45) is 0 Å². The molecule has 2 aromatic heterocycles. The minimum absolute atomic E-state index is 0.0569. The number of aromatic nitrogens is 2. The van der Waals surface area contributed by atoms with Gasteiger partial charge in [-0.2, -0.15) is 0 Å². The van der Waals surface area contributed by atoms with Crippen molar-refractivity contribution in [3.63, 3.8) is 0 Å². The minimum Gasteiger partial charge on any atom is -0.438 e. The largest absolute Gasteiger partial charge is 0.438 e. The highest BCUT2D eigenvalue weighted by molar-refractivity contribution is 8.01. The fraction of sp³-hybridized carbons (Fsp3) is 0.562. The molecule has 1 amide bonds. The molecule has 2 saturated heterocycles.